The van der Waals surface area contributed by atoms with Crippen molar-refractivity contribution in [1.82, 2.24) is 0 Å². The molecule has 180 valence electrons. The van der Waals surface area contributed by atoms with E-state index in [0.29, 0.717) is 5.92 Å². The zero-order valence-electron chi connectivity index (χ0n) is 22.1. The Kier molecular flexibility index (Phi) is 8.56. The van der Waals surface area contributed by atoms with Crippen LogP contribution in [-0.2, 0) is 10.8 Å². The van der Waals surface area contributed by atoms with Gasteiger partial charge in [-0.1, -0.05) is 150 Å². The van der Waals surface area contributed by atoms with E-state index in [2.05, 4.69) is 144 Å². The SMILES string of the molecule is C[C@H](/C=C(/Cc1ccccc1)[Si](C)(C)C)CO[Si](c1ccccc1)(c1ccccc1)C(C)(C)C. The molecule has 3 heteroatoms. The third kappa shape index (κ3) is 6.26. The minimum absolute atomic E-state index is 0.00475. The summed E-state index contributed by atoms with van der Waals surface area (Å²) in [4.78, 5) is 0. The van der Waals surface area contributed by atoms with Crippen molar-refractivity contribution in [3.8, 4) is 0 Å². The average Bonchev–Trinajstić information content (AvgIpc) is 2.80. The molecule has 0 saturated heterocycles. The number of hydrogen-bond acceptors (Lipinski definition) is 1. The normalized spacial score (nSPS) is 14.1. The Morgan fingerprint density at radius 3 is 1.62 bits per heavy atom. The largest absolute Gasteiger partial charge is 0.407 e. The van der Waals surface area contributed by atoms with Crippen molar-refractivity contribution in [2.45, 2.75) is 58.8 Å². The Morgan fingerprint density at radius 1 is 0.765 bits per heavy atom. The van der Waals surface area contributed by atoms with E-state index in [4.69, 9.17) is 4.43 Å². The van der Waals surface area contributed by atoms with Gasteiger partial charge >= 0.3 is 0 Å². The van der Waals surface area contributed by atoms with Gasteiger partial charge in [0.2, 0.25) is 0 Å². The average molecular weight is 487 g/mol. The Hall–Kier alpha value is -2.21. The Bertz CT molecular complexity index is 1010. The van der Waals surface area contributed by atoms with Gasteiger partial charge in [0.15, 0.2) is 0 Å². The quantitative estimate of drug-likeness (QED) is 0.290. The standard InChI is InChI=1S/C31H42OSi2/c1-26(23-30(33(5,6)7)24-27-17-11-8-12-18-27)25-32-34(31(2,3)4,28-19-13-9-14-20-28)29-21-15-10-16-22-29/h8-23,26H,24-25H2,1-7H3/b30-23-/t26-/m1/s1. The predicted octanol–water partition coefficient (Wildman–Crippen LogP) is 7.25. The van der Waals surface area contributed by atoms with E-state index in [1.54, 1.807) is 5.20 Å². The zero-order valence-corrected chi connectivity index (χ0v) is 24.1. The molecule has 0 fully saturated rings. The highest BCUT2D eigenvalue weighted by atomic mass is 28.4. The molecule has 0 radical (unpaired) electrons. The second kappa shape index (κ2) is 11.0. The molecule has 0 saturated carbocycles. The molecule has 34 heavy (non-hydrogen) atoms. The van der Waals surface area contributed by atoms with E-state index in [-0.39, 0.29) is 5.04 Å². The maximum Gasteiger partial charge on any atom is 0.261 e. The molecule has 1 atom stereocenters. The third-order valence-corrected chi connectivity index (χ3v) is 13.9. The molecule has 0 unspecified atom stereocenters. The van der Waals surface area contributed by atoms with Gasteiger partial charge in [0.25, 0.3) is 8.32 Å². The molecule has 0 aromatic heterocycles. The van der Waals surface area contributed by atoms with Crippen LogP contribution in [0.5, 0.6) is 0 Å². The second-order valence-corrected chi connectivity index (χ2v) is 21.0. The molecule has 0 aliphatic heterocycles. The van der Waals surface area contributed by atoms with Gasteiger partial charge < -0.3 is 4.43 Å². The van der Waals surface area contributed by atoms with Crippen molar-refractivity contribution in [2.75, 3.05) is 6.61 Å². The number of hydrogen-bond donors (Lipinski definition) is 0. The molecule has 3 aromatic carbocycles. The van der Waals surface area contributed by atoms with Crippen molar-refractivity contribution >= 4 is 26.8 Å². The summed E-state index contributed by atoms with van der Waals surface area (Å²) < 4.78 is 7.20. The van der Waals surface area contributed by atoms with E-state index < -0.39 is 16.4 Å². The molecule has 0 heterocycles. The number of rotatable bonds is 9. The molecule has 3 rings (SSSR count). The minimum Gasteiger partial charge on any atom is -0.407 e. The predicted molar refractivity (Wildman–Crippen MR) is 154 cm³/mol. The first-order valence-electron chi connectivity index (χ1n) is 12.5. The van der Waals surface area contributed by atoms with Crippen LogP contribution in [0, 0.1) is 5.92 Å². The number of benzene rings is 3. The summed E-state index contributed by atoms with van der Waals surface area (Å²) in [6.45, 7) is 17.5. The van der Waals surface area contributed by atoms with Gasteiger partial charge in [0.05, 0.1) is 8.07 Å². The highest BCUT2D eigenvalue weighted by molar-refractivity contribution is 6.99. The summed E-state index contributed by atoms with van der Waals surface area (Å²) in [5.74, 6) is 0.354. The van der Waals surface area contributed by atoms with Gasteiger partial charge in [0.1, 0.15) is 0 Å². The summed E-state index contributed by atoms with van der Waals surface area (Å²) in [6.07, 6.45) is 3.57. The Morgan fingerprint density at radius 2 is 1.21 bits per heavy atom. The van der Waals surface area contributed by atoms with Gasteiger partial charge in [-0.2, -0.15) is 0 Å². The molecular weight excluding hydrogens is 445 g/mol. The fourth-order valence-corrected chi connectivity index (χ4v) is 11.0. The minimum atomic E-state index is -2.50. The van der Waals surface area contributed by atoms with Crippen LogP contribution < -0.4 is 10.4 Å². The molecule has 3 aromatic rings. The van der Waals surface area contributed by atoms with Gasteiger partial charge in [-0.25, -0.2) is 0 Å². The zero-order chi connectivity index (χ0) is 24.8. The van der Waals surface area contributed by atoms with E-state index in [1.807, 2.05) is 0 Å². The van der Waals surface area contributed by atoms with Crippen LogP contribution in [0.1, 0.15) is 33.3 Å². The topological polar surface area (TPSA) is 9.23 Å². The van der Waals surface area contributed by atoms with Crippen LogP contribution >= 0.6 is 0 Å². The maximum atomic E-state index is 7.20. The summed E-state index contributed by atoms with van der Waals surface area (Å²) in [7, 11) is -3.96. The highest BCUT2D eigenvalue weighted by Crippen LogP contribution is 2.37. The fourth-order valence-electron chi connectivity index (χ4n) is 4.80. The third-order valence-electron chi connectivity index (χ3n) is 6.67. The van der Waals surface area contributed by atoms with Crippen LogP contribution in [0.2, 0.25) is 24.7 Å². The molecule has 0 spiro atoms. The van der Waals surface area contributed by atoms with Crippen molar-refractivity contribution in [3.63, 3.8) is 0 Å². The first-order chi connectivity index (χ1) is 16.0. The smallest absolute Gasteiger partial charge is 0.261 e. The van der Waals surface area contributed by atoms with Crippen LogP contribution in [0.25, 0.3) is 0 Å². The molecular formula is C31H42OSi2. The van der Waals surface area contributed by atoms with Crippen molar-refractivity contribution in [3.05, 3.63) is 108 Å². The van der Waals surface area contributed by atoms with Crippen molar-refractivity contribution in [1.29, 1.82) is 0 Å². The van der Waals surface area contributed by atoms with Crippen molar-refractivity contribution < 1.29 is 4.43 Å². The fraction of sp³-hybridized carbons (Fsp3) is 0.355. The van der Waals surface area contributed by atoms with Crippen LogP contribution in [0.15, 0.2) is 102 Å². The molecule has 0 bridgehead atoms. The molecule has 0 aliphatic rings. The van der Waals surface area contributed by atoms with Crippen LogP contribution in [0.4, 0.5) is 0 Å². The summed E-state index contributed by atoms with van der Waals surface area (Å²) in [6, 6.07) is 32.8. The van der Waals surface area contributed by atoms with E-state index in [0.717, 1.165) is 13.0 Å². The van der Waals surface area contributed by atoms with E-state index in [9.17, 15) is 0 Å². The lowest BCUT2D eigenvalue weighted by Crippen LogP contribution is -2.66. The molecule has 0 amide bonds. The van der Waals surface area contributed by atoms with E-state index >= 15 is 0 Å². The van der Waals surface area contributed by atoms with Gasteiger partial charge in [0, 0.05) is 6.61 Å². The van der Waals surface area contributed by atoms with Crippen LogP contribution in [-0.4, -0.2) is 23.0 Å². The van der Waals surface area contributed by atoms with Gasteiger partial charge in [-0.3, -0.25) is 0 Å². The lowest BCUT2D eigenvalue weighted by atomic mass is 10.1. The first-order valence-corrected chi connectivity index (χ1v) is 17.9. The lowest BCUT2D eigenvalue weighted by molar-refractivity contribution is 0.267. The highest BCUT2D eigenvalue weighted by Gasteiger charge is 2.50. The summed E-state index contributed by atoms with van der Waals surface area (Å²) in [5.41, 5.74) is 1.40. The summed E-state index contributed by atoms with van der Waals surface area (Å²) >= 11 is 0. The molecule has 0 N–H and O–H groups in total. The van der Waals surface area contributed by atoms with Crippen LogP contribution in [0.3, 0.4) is 0 Å². The van der Waals surface area contributed by atoms with Gasteiger partial charge in [-0.15, -0.1) is 0 Å². The Labute approximate surface area is 210 Å². The summed E-state index contributed by atoms with van der Waals surface area (Å²) in [5, 5.41) is 4.31. The lowest BCUT2D eigenvalue weighted by Gasteiger charge is -2.43. The maximum absolute atomic E-state index is 7.20. The van der Waals surface area contributed by atoms with Crippen molar-refractivity contribution in [2.24, 2.45) is 5.92 Å². The Balaban J connectivity index is 1.96. The molecule has 0 aliphatic carbocycles. The molecule has 1 nitrogen and oxygen atoms in total. The monoisotopic (exact) mass is 486 g/mol. The van der Waals surface area contributed by atoms with E-state index in [1.165, 1.54) is 15.9 Å². The second-order valence-electron chi connectivity index (χ2n) is 11.6. The number of allylic oxidation sites excluding steroid dienone is 1. The van der Waals surface area contributed by atoms with Gasteiger partial charge in [-0.05, 0) is 33.3 Å². The first kappa shape index (κ1) is 26.4.